The zero-order chi connectivity index (χ0) is 17.6. The van der Waals surface area contributed by atoms with Crippen LogP contribution in [0, 0.1) is 5.92 Å². The Morgan fingerprint density at radius 1 is 1.44 bits per heavy atom. The Kier molecular flexibility index (Phi) is 6.04. The third kappa shape index (κ3) is 5.28. The highest BCUT2D eigenvalue weighted by molar-refractivity contribution is 6.31. The maximum absolute atomic E-state index is 11.1. The molecule has 0 bridgehead atoms. The normalized spacial score (nSPS) is 18.2. The molecule has 0 unspecified atom stereocenters. The summed E-state index contributed by atoms with van der Waals surface area (Å²) < 4.78 is 5.40. The molecule has 3 rings (SSSR count). The van der Waals surface area contributed by atoms with Gasteiger partial charge in [0.05, 0.1) is 6.54 Å². The van der Waals surface area contributed by atoms with Crippen molar-refractivity contribution in [3.8, 4) is 0 Å². The number of likely N-dealkylation sites (tertiary alicyclic amines) is 1. The van der Waals surface area contributed by atoms with Crippen molar-refractivity contribution in [2.75, 3.05) is 19.6 Å². The van der Waals surface area contributed by atoms with Crippen LogP contribution in [0.1, 0.15) is 37.0 Å². The van der Waals surface area contributed by atoms with Crippen molar-refractivity contribution in [3.63, 3.8) is 0 Å². The van der Waals surface area contributed by atoms with E-state index < -0.39 is 0 Å². The van der Waals surface area contributed by atoms with Gasteiger partial charge in [0.15, 0.2) is 5.82 Å². The molecule has 0 saturated carbocycles. The summed E-state index contributed by atoms with van der Waals surface area (Å²) in [6, 6.07) is 7.68. The van der Waals surface area contributed by atoms with E-state index in [0.717, 1.165) is 38.0 Å². The van der Waals surface area contributed by atoms with Crippen molar-refractivity contribution in [2.45, 2.75) is 32.7 Å². The van der Waals surface area contributed by atoms with Crippen molar-refractivity contribution in [3.05, 3.63) is 46.6 Å². The van der Waals surface area contributed by atoms with Crippen LogP contribution in [0.4, 0.5) is 0 Å². The Hall–Kier alpha value is -1.92. The van der Waals surface area contributed by atoms with Crippen molar-refractivity contribution in [1.29, 1.82) is 0 Å². The highest BCUT2D eigenvalue weighted by atomic mass is 35.5. The zero-order valence-corrected chi connectivity index (χ0v) is 15.1. The molecule has 0 radical (unpaired) electrons. The Morgan fingerprint density at radius 3 is 3.08 bits per heavy atom. The number of aromatic nitrogens is 2. The van der Waals surface area contributed by atoms with Crippen molar-refractivity contribution in [1.82, 2.24) is 20.4 Å². The lowest BCUT2D eigenvalue weighted by molar-refractivity contribution is -0.119. The molecular weight excluding hydrogens is 340 g/mol. The number of halogens is 1. The molecule has 0 aliphatic carbocycles. The summed E-state index contributed by atoms with van der Waals surface area (Å²) in [4.78, 5) is 17.9. The molecule has 6 nitrogen and oxygen atoms in total. The van der Waals surface area contributed by atoms with Crippen LogP contribution in [0.2, 0.25) is 5.02 Å². The summed E-state index contributed by atoms with van der Waals surface area (Å²) in [6.45, 7) is 4.88. The lowest BCUT2D eigenvalue weighted by Crippen LogP contribution is -2.40. The minimum absolute atomic E-state index is 0.0261. The first kappa shape index (κ1) is 17.9. The van der Waals surface area contributed by atoms with Crippen LogP contribution >= 0.6 is 11.6 Å². The number of piperidine rings is 1. The maximum atomic E-state index is 11.1. The molecule has 2 heterocycles. The summed E-state index contributed by atoms with van der Waals surface area (Å²) in [5.41, 5.74) is 0.991. The first-order valence-electron chi connectivity index (χ1n) is 8.62. The summed E-state index contributed by atoms with van der Waals surface area (Å²) in [6.07, 6.45) is 2.82. The number of carbonyl (C=O) groups is 1. The summed E-state index contributed by atoms with van der Waals surface area (Å²) >= 11 is 6.18. The van der Waals surface area contributed by atoms with Crippen LogP contribution in [-0.2, 0) is 17.8 Å². The quantitative estimate of drug-likeness (QED) is 0.855. The van der Waals surface area contributed by atoms with Crippen molar-refractivity contribution >= 4 is 17.5 Å². The van der Waals surface area contributed by atoms with Gasteiger partial charge >= 0.3 is 0 Å². The van der Waals surface area contributed by atoms with Crippen LogP contribution in [0.25, 0.3) is 0 Å². The van der Waals surface area contributed by atoms with E-state index in [2.05, 4.69) is 20.4 Å². The lowest BCUT2D eigenvalue weighted by atomic mass is 9.98. The van der Waals surface area contributed by atoms with E-state index >= 15 is 0 Å². The molecule has 1 aliphatic rings. The predicted molar refractivity (Wildman–Crippen MR) is 95.2 cm³/mol. The summed E-state index contributed by atoms with van der Waals surface area (Å²) in [5, 5.41) is 7.69. The van der Waals surface area contributed by atoms with Gasteiger partial charge < -0.3 is 9.84 Å². The standard InChI is InChI=1S/C18H23ClN4O2/c1-13(24)20-10-14-5-4-8-23(11-14)12-18-21-17(22-25-18)9-15-6-2-3-7-16(15)19/h2-3,6-7,14H,4-5,8-12H2,1H3,(H,20,24)/t14-/m0/s1. The lowest BCUT2D eigenvalue weighted by Gasteiger charge is -2.31. The fourth-order valence-corrected chi connectivity index (χ4v) is 3.38. The van der Waals surface area contributed by atoms with E-state index in [1.807, 2.05) is 24.3 Å². The number of amides is 1. The van der Waals surface area contributed by atoms with E-state index in [9.17, 15) is 4.79 Å². The molecule has 1 N–H and O–H groups in total. The minimum atomic E-state index is 0.0261. The first-order valence-corrected chi connectivity index (χ1v) is 8.99. The molecule has 1 saturated heterocycles. The molecule has 2 aromatic rings. The van der Waals surface area contributed by atoms with Gasteiger partial charge in [-0.3, -0.25) is 9.69 Å². The second-order valence-corrected chi connectivity index (χ2v) is 6.96. The number of nitrogens with zero attached hydrogens (tertiary/aromatic N) is 3. The van der Waals surface area contributed by atoms with E-state index in [4.69, 9.17) is 16.1 Å². The summed E-state index contributed by atoms with van der Waals surface area (Å²) in [7, 11) is 0. The molecule has 1 fully saturated rings. The molecule has 0 spiro atoms. The highest BCUT2D eigenvalue weighted by Gasteiger charge is 2.22. The Bertz CT molecular complexity index is 719. The molecule has 25 heavy (non-hydrogen) atoms. The Labute approximate surface area is 152 Å². The van der Waals surface area contributed by atoms with Crippen LogP contribution in [-0.4, -0.2) is 40.6 Å². The van der Waals surface area contributed by atoms with Crippen LogP contribution < -0.4 is 5.32 Å². The second-order valence-electron chi connectivity index (χ2n) is 6.55. The molecule has 134 valence electrons. The number of benzene rings is 1. The third-order valence-electron chi connectivity index (χ3n) is 4.42. The monoisotopic (exact) mass is 362 g/mol. The average molecular weight is 363 g/mol. The van der Waals surface area contributed by atoms with E-state index in [1.165, 1.54) is 0 Å². The molecule has 1 aromatic heterocycles. The SMILES string of the molecule is CC(=O)NC[C@@H]1CCCN(Cc2nc(Cc3ccccc3Cl)no2)C1. The maximum Gasteiger partial charge on any atom is 0.240 e. The van der Waals surface area contributed by atoms with Crippen LogP contribution in [0.15, 0.2) is 28.8 Å². The van der Waals surface area contributed by atoms with Gasteiger partial charge in [-0.1, -0.05) is 35.0 Å². The molecular formula is C18H23ClN4O2. The molecule has 1 aliphatic heterocycles. The Morgan fingerprint density at radius 2 is 2.28 bits per heavy atom. The number of nitrogens with one attached hydrogen (secondary N) is 1. The smallest absolute Gasteiger partial charge is 0.240 e. The van der Waals surface area contributed by atoms with E-state index in [0.29, 0.717) is 35.6 Å². The first-order chi connectivity index (χ1) is 12.1. The van der Waals surface area contributed by atoms with E-state index in [-0.39, 0.29) is 5.91 Å². The number of hydrogen-bond acceptors (Lipinski definition) is 5. The van der Waals surface area contributed by atoms with Gasteiger partial charge in [0.2, 0.25) is 11.8 Å². The van der Waals surface area contributed by atoms with Crippen LogP contribution in [0.3, 0.4) is 0 Å². The minimum Gasteiger partial charge on any atom is -0.356 e. The van der Waals surface area contributed by atoms with Gasteiger partial charge in [0.1, 0.15) is 0 Å². The zero-order valence-electron chi connectivity index (χ0n) is 14.4. The largest absolute Gasteiger partial charge is 0.356 e. The number of carbonyl (C=O) groups excluding carboxylic acids is 1. The predicted octanol–water partition coefficient (Wildman–Crippen LogP) is 2.66. The molecule has 1 atom stereocenters. The Balaban J connectivity index is 1.54. The second kappa shape index (κ2) is 8.45. The topological polar surface area (TPSA) is 71.3 Å². The molecule has 1 aromatic carbocycles. The number of hydrogen-bond donors (Lipinski definition) is 1. The third-order valence-corrected chi connectivity index (χ3v) is 4.79. The van der Waals surface area contributed by atoms with Gasteiger partial charge in [0.25, 0.3) is 0 Å². The van der Waals surface area contributed by atoms with Gasteiger partial charge in [-0.2, -0.15) is 4.98 Å². The number of rotatable bonds is 6. The van der Waals surface area contributed by atoms with Crippen molar-refractivity contribution in [2.24, 2.45) is 5.92 Å². The fourth-order valence-electron chi connectivity index (χ4n) is 3.18. The fraction of sp³-hybridized carbons (Fsp3) is 0.500. The van der Waals surface area contributed by atoms with Gasteiger partial charge in [-0.25, -0.2) is 0 Å². The van der Waals surface area contributed by atoms with Gasteiger partial charge in [0, 0.05) is 31.5 Å². The average Bonchev–Trinajstić information content (AvgIpc) is 3.02. The van der Waals surface area contributed by atoms with Gasteiger partial charge in [-0.15, -0.1) is 0 Å². The molecule has 7 heteroatoms. The summed E-state index contributed by atoms with van der Waals surface area (Å²) in [5.74, 6) is 1.78. The molecule has 1 amide bonds. The van der Waals surface area contributed by atoms with Crippen molar-refractivity contribution < 1.29 is 9.32 Å². The van der Waals surface area contributed by atoms with Crippen LogP contribution in [0.5, 0.6) is 0 Å². The van der Waals surface area contributed by atoms with Gasteiger partial charge in [-0.05, 0) is 36.9 Å². The van der Waals surface area contributed by atoms with E-state index in [1.54, 1.807) is 6.92 Å². The highest BCUT2D eigenvalue weighted by Crippen LogP contribution is 2.20.